The number of hydrogen-bond acceptors (Lipinski definition) is 5. The maximum Gasteiger partial charge on any atom is 0.407 e. The van der Waals surface area contributed by atoms with Crippen LogP contribution in [0.25, 0.3) is 11.1 Å². The highest BCUT2D eigenvalue weighted by Gasteiger charge is 2.28. The third-order valence-corrected chi connectivity index (χ3v) is 5.88. The third kappa shape index (κ3) is 7.05. The monoisotopic (exact) mass is 468 g/mol. The molecule has 0 fully saturated rings. The molecule has 0 heterocycles. The molecule has 0 unspecified atom stereocenters. The Kier molecular flexibility index (Phi) is 9.46. The Morgan fingerprint density at radius 3 is 2.24 bits per heavy atom. The van der Waals surface area contributed by atoms with E-state index in [1.807, 2.05) is 24.3 Å². The van der Waals surface area contributed by atoms with Gasteiger partial charge in [0.15, 0.2) is 0 Å². The molecule has 3 rings (SSSR count). The van der Waals surface area contributed by atoms with Crippen LogP contribution in [0.1, 0.15) is 42.7 Å². The van der Waals surface area contributed by atoms with Crippen molar-refractivity contribution >= 4 is 18.0 Å². The molecule has 8 heteroatoms. The van der Waals surface area contributed by atoms with E-state index >= 15 is 0 Å². The normalized spacial score (nSPS) is 12.0. The Balaban J connectivity index is 1.29. The molecular formula is C26H32N2O6. The lowest BCUT2D eigenvalue weighted by atomic mass is 9.98. The minimum Gasteiger partial charge on any atom is -0.481 e. The van der Waals surface area contributed by atoms with Gasteiger partial charge < -0.3 is 24.8 Å². The number of ether oxygens (including phenoxy) is 2. The fraction of sp³-hybridized carbons (Fsp3) is 0.423. The Morgan fingerprint density at radius 1 is 0.941 bits per heavy atom. The molecule has 0 atom stereocenters. The first kappa shape index (κ1) is 25.2. The average molecular weight is 469 g/mol. The van der Waals surface area contributed by atoms with Gasteiger partial charge >= 0.3 is 12.1 Å². The summed E-state index contributed by atoms with van der Waals surface area (Å²) in [5, 5.41) is 11.3. The van der Waals surface area contributed by atoms with Crippen molar-refractivity contribution in [1.82, 2.24) is 10.2 Å². The van der Waals surface area contributed by atoms with Crippen molar-refractivity contribution in [1.29, 1.82) is 0 Å². The first-order valence-electron chi connectivity index (χ1n) is 11.6. The number of amides is 2. The predicted molar refractivity (Wildman–Crippen MR) is 128 cm³/mol. The number of rotatable bonds is 13. The van der Waals surface area contributed by atoms with E-state index < -0.39 is 12.1 Å². The summed E-state index contributed by atoms with van der Waals surface area (Å²) in [5.74, 6) is -0.865. The van der Waals surface area contributed by atoms with Gasteiger partial charge in [-0.2, -0.15) is 0 Å². The minimum atomic E-state index is -0.825. The molecule has 182 valence electrons. The SMILES string of the molecule is CN(CCCCC(=O)O)C(=O)CCOCCNC(=O)OCC1c2ccccc2-c2ccccc21. The van der Waals surface area contributed by atoms with Gasteiger partial charge in [0.2, 0.25) is 5.91 Å². The number of carboxylic acid groups (broad SMARTS) is 1. The number of aliphatic carboxylic acids is 1. The van der Waals surface area contributed by atoms with E-state index in [1.54, 1.807) is 11.9 Å². The van der Waals surface area contributed by atoms with E-state index in [1.165, 1.54) is 11.1 Å². The van der Waals surface area contributed by atoms with Crippen molar-refractivity contribution in [3.8, 4) is 11.1 Å². The highest BCUT2D eigenvalue weighted by molar-refractivity contribution is 5.79. The van der Waals surface area contributed by atoms with E-state index in [-0.39, 0.29) is 51.0 Å². The van der Waals surface area contributed by atoms with Gasteiger partial charge in [0, 0.05) is 32.5 Å². The Morgan fingerprint density at radius 2 is 1.59 bits per heavy atom. The van der Waals surface area contributed by atoms with Crippen LogP contribution >= 0.6 is 0 Å². The lowest BCUT2D eigenvalue weighted by molar-refractivity contribution is -0.137. The average Bonchev–Trinajstić information content (AvgIpc) is 3.16. The second-order valence-electron chi connectivity index (χ2n) is 8.28. The van der Waals surface area contributed by atoms with Crippen LogP contribution in [0.5, 0.6) is 0 Å². The Bertz CT molecular complexity index is 947. The first-order valence-corrected chi connectivity index (χ1v) is 11.6. The fourth-order valence-electron chi connectivity index (χ4n) is 4.08. The molecule has 0 radical (unpaired) electrons. The van der Waals surface area contributed by atoms with Gasteiger partial charge in [0.05, 0.1) is 19.6 Å². The lowest BCUT2D eigenvalue weighted by Crippen LogP contribution is -2.30. The third-order valence-electron chi connectivity index (χ3n) is 5.88. The summed E-state index contributed by atoms with van der Waals surface area (Å²) in [5.41, 5.74) is 4.69. The van der Waals surface area contributed by atoms with Crippen molar-refractivity contribution in [2.45, 2.75) is 31.6 Å². The molecule has 0 bridgehead atoms. The molecule has 0 aromatic heterocycles. The van der Waals surface area contributed by atoms with Crippen molar-refractivity contribution in [3.63, 3.8) is 0 Å². The molecule has 1 aliphatic rings. The summed E-state index contributed by atoms with van der Waals surface area (Å²) in [6, 6.07) is 16.3. The molecule has 0 spiro atoms. The van der Waals surface area contributed by atoms with Crippen LogP contribution < -0.4 is 5.32 Å². The topological polar surface area (TPSA) is 105 Å². The van der Waals surface area contributed by atoms with Gasteiger partial charge in [-0.3, -0.25) is 9.59 Å². The number of hydrogen-bond donors (Lipinski definition) is 2. The van der Waals surface area contributed by atoms with Crippen LogP contribution in [0, 0.1) is 0 Å². The zero-order chi connectivity index (χ0) is 24.3. The number of nitrogens with one attached hydrogen (secondary N) is 1. The number of carboxylic acids is 1. The van der Waals surface area contributed by atoms with Gasteiger partial charge in [-0.25, -0.2) is 4.79 Å². The molecule has 0 saturated carbocycles. The molecule has 2 amide bonds. The van der Waals surface area contributed by atoms with Crippen LogP contribution in [0.4, 0.5) is 4.79 Å². The van der Waals surface area contributed by atoms with Crippen LogP contribution in [0.2, 0.25) is 0 Å². The molecule has 2 N–H and O–H groups in total. The molecular weight excluding hydrogens is 436 g/mol. The molecule has 8 nitrogen and oxygen atoms in total. The second kappa shape index (κ2) is 12.7. The van der Waals surface area contributed by atoms with E-state index in [4.69, 9.17) is 14.6 Å². The van der Waals surface area contributed by atoms with Crippen LogP contribution in [0.15, 0.2) is 48.5 Å². The van der Waals surface area contributed by atoms with E-state index in [0.717, 1.165) is 11.1 Å². The number of nitrogens with zero attached hydrogens (tertiary/aromatic N) is 1. The number of benzene rings is 2. The largest absolute Gasteiger partial charge is 0.481 e. The maximum absolute atomic E-state index is 12.1. The number of fused-ring (bicyclic) bond motifs is 3. The standard InChI is InChI=1S/C26H32N2O6/c1-28(15-7-6-12-25(30)31)24(29)13-16-33-17-14-27-26(32)34-18-23-21-10-4-2-8-19(21)20-9-3-5-11-22(20)23/h2-5,8-11,23H,6-7,12-18H2,1H3,(H,27,32)(H,30,31). The van der Waals surface area contributed by atoms with Crippen molar-refractivity contribution in [3.05, 3.63) is 59.7 Å². The van der Waals surface area contributed by atoms with Gasteiger partial charge in [-0.1, -0.05) is 48.5 Å². The van der Waals surface area contributed by atoms with Gasteiger partial charge in [0.1, 0.15) is 6.61 Å². The lowest BCUT2D eigenvalue weighted by Gasteiger charge is -2.17. The summed E-state index contributed by atoms with van der Waals surface area (Å²) in [7, 11) is 1.70. The van der Waals surface area contributed by atoms with Crippen LogP contribution in [0.3, 0.4) is 0 Å². The highest BCUT2D eigenvalue weighted by atomic mass is 16.5. The minimum absolute atomic E-state index is 0.0153. The summed E-state index contributed by atoms with van der Waals surface area (Å²) < 4.78 is 10.9. The van der Waals surface area contributed by atoms with Gasteiger partial charge in [-0.05, 0) is 35.1 Å². The van der Waals surface area contributed by atoms with E-state index in [9.17, 15) is 14.4 Å². The van der Waals surface area contributed by atoms with Crippen molar-refractivity contribution in [2.24, 2.45) is 0 Å². The summed E-state index contributed by atoms with van der Waals surface area (Å²) >= 11 is 0. The smallest absolute Gasteiger partial charge is 0.407 e. The van der Waals surface area contributed by atoms with E-state index in [2.05, 4.69) is 29.6 Å². The first-order chi connectivity index (χ1) is 16.5. The fourth-order valence-corrected chi connectivity index (χ4v) is 4.08. The Labute approximate surface area is 199 Å². The van der Waals surface area contributed by atoms with Gasteiger partial charge in [-0.15, -0.1) is 0 Å². The maximum atomic E-state index is 12.1. The van der Waals surface area contributed by atoms with Gasteiger partial charge in [0.25, 0.3) is 0 Å². The molecule has 2 aromatic rings. The summed E-state index contributed by atoms with van der Waals surface area (Å²) in [6.07, 6.45) is 1.05. The molecule has 0 saturated heterocycles. The zero-order valence-corrected chi connectivity index (χ0v) is 19.5. The Hall–Kier alpha value is -3.39. The van der Waals surface area contributed by atoms with Crippen LogP contribution in [-0.2, 0) is 19.1 Å². The number of carbonyl (C=O) groups excluding carboxylic acids is 2. The second-order valence-corrected chi connectivity index (χ2v) is 8.28. The number of alkyl carbamates (subject to hydrolysis) is 1. The zero-order valence-electron chi connectivity index (χ0n) is 19.5. The quantitative estimate of drug-likeness (QED) is 0.435. The van der Waals surface area contributed by atoms with Crippen LogP contribution in [-0.4, -0.2) is 67.9 Å². The van der Waals surface area contributed by atoms with E-state index in [0.29, 0.717) is 19.4 Å². The number of carbonyl (C=O) groups is 3. The molecule has 2 aromatic carbocycles. The summed E-state index contributed by atoms with van der Waals surface area (Å²) in [4.78, 5) is 36.3. The number of unbranched alkanes of at least 4 members (excludes halogenated alkanes) is 1. The molecule has 34 heavy (non-hydrogen) atoms. The summed E-state index contributed by atoms with van der Waals surface area (Å²) in [6.45, 7) is 1.60. The predicted octanol–water partition coefficient (Wildman–Crippen LogP) is 3.65. The molecule has 0 aliphatic heterocycles. The van der Waals surface area contributed by atoms with Crippen molar-refractivity contribution < 1.29 is 29.0 Å². The molecule has 1 aliphatic carbocycles. The highest BCUT2D eigenvalue weighted by Crippen LogP contribution is 2.44. The van der Waals surface area contributed by atoms with Crippen molar-refractivity contribution in [2.75, 3.05) is 40.0 Å².